The van der Waals surface area contributed by atoms with Gasteiger partial charge in [-0.15, -0.1) is 0 Å². The number of hydrogen-bond acceptors (Lipinski definition) is 5. The third-order valence-corrected chi connectivity index (χ3v) is 5.74. The van der Waals surface area contributed by atoms with Gasteiger partial charge < -0.3 is 15.1 Å². The first-order valence-corrected chi connectivity index (χ1v) is 11.2. The summed E-state index contributed by atoms with van der Waals surface area (Å²) in [6.07, 6.45) is 2.63. The minimum Gasteiger partial charge on any atom is -0.394 e. The monoisotopic (exact) mass is 477 g/mol. The first-order chi connectivity index (χ1) is 17.0. The molecule has 2 N–H and O–H groups in total. The van der Waals surface area contributed by atoms with Crippen molar-refractivity contribution in [1.29, 1.82) is 0 Å². The topological polar surface area (TPSA) is 86.0 Å². The molecular formula is C27H25F2N3O3. The van der Waals surface area contributed by atoms with Crippen LogP contribution in [0.5, 0.6) is 0 Å². The van der Waals surface area contributed by atoms with E-state index >= 15 is 4.39 Å². The number of allylic oxidation sites excluding steroid dienone is 1. The maximum Gasteiger partial charge on any atom is 0.254 e. The number of carbonyl (C=O) groups excluding carboxylic acids is 1. The maximum atomic E-state index is 15.1. The summed E-state index contributed by atoms with van der Waals surface area (Å²) < 4.78 is 28.4. The van der Waals surface area contributed by atoms with Crippen molar-refractivity contribution in [3.05, 3.63) is 107 Å². The number of aromatic nitrogens is 1. The van der Waals surface area contributed by atoms with Crippen LogP contribution in [0.2, 0.25) is 0 Å². The Morgan fingerprint density at radius 3 is 2.57 bits per heavy atom. The lowest BCUT2D eigenvalue weighted by Gasteiger charge is -2.26. The molecule has 0 saturated carbocycles. The van der Waals surface area contributed by atoms with Crippen LogP contribution in [-0.2, 0) is 6.42 Å². The standard InChI is InChI=1S/C27H25F2N3O3/c28-20-9-7-18(8-10-20)19-14-25(31-15-19)26-23(5-3-6-24(26)29)27(35)32(16-22(34)17-33)13-11-21-4-1-2-12-30-21/h1-10,12,14,22,33-34H,11,13,15-17H2/t22-/m1/s1. The summed E-state index contributed by atoms with van der Waals surface area (Å²) in [5.41, 5.74) is 2.79. The van der Waals surface area contributed by atoms with Crippen LogP contribution in [0.25, 0.3) is 5.57 Å². The van der Waals surface area contributed by atoms with Crippen molar-refractivity contribution in [1.82, 2.24) is 9.88 Å². The molecule has 2 heterocycles. The van der Waals surface area contributed by atoms with E-state index in [2.05, 4.69) is 9.98 Å². The predicted octanol–water partition coefficient (Wildman–Crippen LogP) is 3.28. The highest BCUT2D eigenvalue weighted by molar-refractivity contribution is 6.19. The van der Waals surface area contributed by atoms with Gasteiger partial charge in [0.15, 0.2) is 0 Å². The van der Waals surface area contributed by atoms with Crippen molar-refractivity contribution in [3.8, 4) is 0 Å². The summed E-state index contributed by atoms with van der Waals surface area (Å²) >= 11 is 0. The van der Waals surface area contributed by atoms with E-state index in [0.717, 1.165) is 16.8 Å². The number of hydrogen-bond donors (Lipinski definition) is 2. The molecule has 0 aliphatic carbocycles. The second kappa shape index (κ2) is 11.1. The number of carbonyl (C=O) groups is 1. The van der Waals surface area contributed by atoms with Crippen LogP contribution in [-0.4, -0.2) is 64.1 Å². The SMILES string of the molecule is O=C(c1cccc(F)c1C1=NCC(c2ccc(F)cc2)=C1)N(CCc1ccccn1)C[C@@H](O)CO. The zero-order valence-corrected chi connectivity index (χ0v) is 18.9. The van der Waals surface area contributed by atoms with Crippen molar-refractivity contribution < 1.29 is 23.8 Å². The first kappa shape index (κ1) is 24.4. The summed E-state index contributed by atoms with van der Waals surface area (Å²) in [5.74, 6) is -1.45. The zero-order valence-electron chi connectivity index (χ0n) is 18.9. The molecule has 0 fully saturated rings. The fourth-order valence-corrected chi connectivity index (χ4v) is 3.93. The van der Waals surface area contributed by atoms with Crippen LogP contribution in [0, 0.1) is 11.6 Å². The lowest BCUT2D eigenvalue weighted by molar-refractivity contribution is 0.0461. The minimum atomic E-state index is -1.14. The van der Waals surface area contributed by atoms with Crippen molar-refractivity contribution in [3.63, 3.8) is 0 Å². The van der Waals surface area contributed by atoms with Gasteiger partial charge in [-0.3, -0.25) is 14.8 Å². The number of halogens is 2. The Balaban J connectivity index is 1.63. The summed E-state index contributed by atoms with van der Waals surface area (Å²) in [5, 5.41) is 19.4. The molecule has 2 aromatic carbocycles. The fourth-order valence-electron chi connectivity index (χ4n) is 3.93. The van der Waals surface area contributed by atoms with E-state index in [1.165, 1.54) is 35.2 Å². The molecule has 1 aliphatic heterocycles. The second-order valence-corrected chi connectivity index (χ2v) is 8.20. The number of amides is 1. The van der Waals surface area contributed by atoms with E-state index in [0.29, 0.717) is 12.1 Å². The van der Waals surface area contributed by atoms with Gasteiger partial charge in [-0.2, -0.15) is 0 Å². The van der Waals surface area contributed by atoms with Crippen LogP contribution in [0.4, 0.5) is 8.78 Å². The first-order valence-electron chi connectivity index (χ1n) is 11.2. The average Bonchev–Trinajstić information content (AvgIpc) is 3.36. The summed E-state index contributed by atoms with van der Waals surface area (Å²) in [4.78, 5) is 23.6. The van der Waals surface area contributed by atoms with Crippen LogP contribution in [0.3, 0.4) is 0 Å². The van der Waals surface area contributed by atoms with Gasteiger partial charge in [0, 0.05) is 37.0 Å². The number of rotatable bonds is 9. The van der Waals surface area contributed by atoms with E-state index in [4.69, 9.17) is 0 Å². The maximum absolute atomic E-state index is 15.1. The number of aliphatic hydroxyl groups is 2. The van der Waals surface area contributed by atoms with Gasteiger partial charge in [0.2, 0.25) is 0 Å². The van der Waals surface area contributed by atoms with Crippen LogP contribution >= 0.6 is 0 Å². The minimum absolute atomic E-state index is 0.0657. The highest BCUT2D eigenvalue weighted by Crippen LogP contribution is 2.26. The fraction of sp³-hybridized carbons (Fsp3) is 0.222. The summed E-state index contributed by atoms with van der Waals surface area (Å²) in [7, 11) is 0. The predicted molar refractivity (Wildman–Crippen MR) is 129 cm³/mol. The van der Waals surface area contributed by atoms with E-state index in [1.54, 1.807) is 30.5 Å². The Kier molecular flexibility index (Phi) is 7.74. The highest BCUT2D eigenvalue weighted by Gasteiger charge is 2.26. The molecule has 1 atom stereocenters. The van der Waals surface area contributed by atoms with Gasteiger partial charge in [0.25, 0.3) is 5.91 Å². The molecule has 0 saturated heterocycles. The smallest absolute Gasteiger partial charge is 0.254 e. The van der Waals surface area contributed by atoms with E-state index in [9.17, 15) is 19.4 Å². The van der Waals surface area contributed by atoms with E-state index in [1.807, 2.05) is 12.1 Å². The van der Waals surface area contributed by atoms with Gasteiger partial charge >= 0.3 is 0 Å². The van der Waals surface area contributed by atoms with Gasteiger partial charge in [0.05, 0.1) is 30.5 Å². The molecule has 35 heavy (non-hydrogen) atoms. The molecule has 180 valence electrons. The molecule has 1 aromatic heterocycles. The zero-order chi connectivity index (χ0) is 24.8. The summed E-state index contributed by atoms with van der Waals surface area (Å²) in [6.45, 7) is -0.150. The van der Waals surface area contributed by atoms with Gasteiger partial charge in [-0.05, 0) is 53.6 Å². The van der Waals surface area contributed by atoms with Crippen molar-refractivity contribution >= 4 is 17.2 Å². The molecule has 1 aliphatic rings. The number of benzene rings is 2. The van der Waals surface area contributed by atoms with Crippen LogP contribution in [0.15, 0.2) is 77.9 Å². The summed E-state index contributed by atoms with van der Waals surface area (Å²) in [6, 6.07) is 15.6. The quantitative estimate of drug-likeness (QED) is 0.495. The Morgan fingerprint density at radius 1 is 1.06 bits per heavy atom. The molecule has 8 heteroatoms. The molecule has 0 unspecified atom stereocenters. The molecule has 6 nitrogen and oxygen atoms in total. The highest BCUT2D eigenvalue weighted by atomic mass is 19.1. The number of aliphatic hydroxyl groups excluding tert-OH is 2. The lowest BCUT2D eigenvalue weighted by atomic mass is 9.98. The Morgan fingerprint density at radius 2 is 1.86 bits per heavy atom. The molecule has 0 bridgehead atoms. The lowest BCUT2D eigenvalue weighted by Crippen LogP contribution is -2.40. The van der Waals surface area contributed by atoms with Gasteiger partial charge in [-0.1, -0.05) is 24.3 Å². The Hall–Kier alpha value is -3.75. The molecular weight excluding hydrogens is 452 g/mol. The number of nitrogens with zero attached hydrogens (tertiary/aromatic N) is 3. The second-order valence-electron chi connectivity index (χ2n) is 8.20. The van der Waals surface area contributed by atoms with Crippen molar-refractivity contribution in [2.45, 2.75) is 12.5 Å². The third kappa shape index (κ3) is 5.85. The molecule has 0 radical (unpaired) electrons. The van der Waals surface area contributed by atoms with Gasteiger partial charge in [0.1, 0.15) is 11.6 Å². The van der Waals surface area contributed by atoms with E-state index in [-0.39, 0.29) is 36.6 Å². The number of aliphatic imine (C=N–C) groups is 1. The number of pyridine rings is 1. The van der Waals surface area contributed by atoms with Crippen molar-refractivity contribution in [2.24, 2.45) is 4.99 Å². The Bertz CT molecular complexity index is 1240. The molecule has 3 aromatic rings. The molecule has 0 spiro atoms. The normalized spacial score (nSPS) is 13.8. The van der Waals surface area contributed by atoms with Gasteiger partial charge in [-0.25, -0.2) is 8.78 Å². The Labute approximate surface area is 201 Å². The molecule has 4 rings (SSSR count). The van der Waals surface area contributed by atoms with Crippen molar-refractivity contribution in [2.75, 3.05) is 26.2 Å². The van der Waals surface area contributed by atoms with Crippen LogP contribution in [0.1, 0.15) is 27.2 Å². The molecule has 1 amide bonds. The largest absolute Gasteiger partial charge is 0.394 e. The third-order valence-electron chi connectivity index (χ3n) is 5.74. The average molecular weight is 478 g/mol. The van der Waals surface area contributed by atoms with Crippen LogP contribution < -0.4 is 0 Å². The van der Waals surface area contributed by atoms with E-state index < -0.39 is 24.4 Å².